The van der Waals surface area contributed by atoms with Gasteiger partial charge in [-0.2, -0.15) is 8.42 Å². The molecule has 0 saturated carbocycles. The highest BCUT2D eigenvalue weighted by molar-refractivity contribution is 7.86. The Morgan fingerprint density at radius 1 is 0.553 bits per heavy atom. The van der Waals surface area contributed by atoms with Gasteiger partial charge in [0, 0.05) is 11.1 Å². The summed E-state index contributed by atoms with van der Waals surface area (Å²) in [6.45, 7) is 0. The van der Waals surface area contributed by atoms with Crippen molar-refractivity contribution in [3.05, 3.63) is 121 Å². The van der Waals surface area contributed by atoms with Gasteiger partial charge in [0.1, 0.15) is 10.6 Å². The number of ether oxygens (including phenoxy) is 1. The van der Waals surface area contributed by atoms with Gasteiger partial charge < -0.3 is 4.74 Å². The summed E-state index contributed by atoms with van der Waals surface area (Å²) in [4.78, 5) is -0.157. The quantitative estimate of drug-likeness (QED) is 0.234. The van der Waals surface area contributed by atoms with Crippen molar-refractivity contribution in [3.63, 3.8) is 0 Å². The molecular weight excluding hydrogens is 492 g/mol. The van der Waals surface area contributed by atoms with Crippen LogP contribution in [-0.4, -0.2) is 20.1 Å². The minimum Gasteiger partial charge on any atom is -0.496 e. The maximum atomic E-state index is 12.6. The van der Waals surface area contributed by atoms with Gasteiger partial charge in [-0.05, 0) is 68.1 Å². The van der Waals surface area contributed by atoms with E-state index in [1.165, 1.54) is 6.07 Å². The van der Waals surface area contributed by atoms with Gasteiger partial charge in [0.15, 0.2) is 0 Å². The molecule has 0 saturated heterocycles. The Morgan fingerprint density at radius 3 is 1.55 bits per heavy atom. The van der Waals surface area contributed by atoms with Crippen LogP contribution in [0, 0.1) is 0 Å². The average molecular weight is 517 g/mol. The van der Waals surface area contributed by atoms with Crippen LogP contribution in [0.15, 0.2) is 126 Å². The highest BCUT2D eigenvalue weighted by atomic mass is 32.2. The van der Waals surface area contributed by atoms with Gasteiger partial charge in [-0.15, -0.1) is 0 Å². The van der Waals surface area contributed by atoms with Crippen LogP contribution in [0.1, 0.15) is 0 Å². The van der Waals surface area contributed by atoms with E-state index < -0.39 is 10.1 Å². The summed E-state index contributed by atoms with van der Waals surface area (Å²) in [5, 5.41) is 3.32. The normalized spacial score (nSPS) is 11.6. The summed E-state index contributed by atoms with van der Waals surface area (Å²) >= 11 is 0. The third kappa shape index (κ3) is 4.22. The fourth-order valence-electron chi connectivity index (χ4n) is 5.14. The second-order valence-electron chi connectivity index (χ2n) is 9.16. The van der Waals surface area contributed by atoms with Crippen molar-refractivity contribution in [2.75, 3.05) is 7.11 Å². The van der Waals surface area contributed by atoms with Gasteiger partial charge in [0.2, 0.25) is 0 Å². The fourth-order valence-corrected chi connectivity index (χ4v) is 5.85. The van der Waals surface area contributed by atoms with Crippen molar-refractivity contribution in [3.8, 4) is 39.1 Å². The van der Waals surface area contributed by atoms with Crippen LogP contribution in [0.3, 0.4) is 0 Å². The van der Waals surface area contributed by atoms with Crippen molar-refractivity contribution in [2.24, 2.45) is 0 Å². The Bertz CT molecular complexity index is 1910. The van der Waals surface area contributed by atoms with Crippen LogP contribution >= 0.6 is 0 Å². The lowest BCUT2D eigenvalue weighted by Crippen LogP contribution is -2.03. The smallest absolute Gasteiger partial charge is 0.295 e. The lowest BCUT2D eigenvalue weighted by Gasteiger charge is -2.18. The Balaban J connectivity index is 1.66. The first-order chi connectivity index (χ1) is 18.4. The van der Waals surface area contributed by atoms with Gasteiger partial charge in [0.25, 0.3) is 10.1 Å². The molecular formula is C33H24O4S. The number of hydrogen-bond acceptors (Lipinski definition) is 3. The van der Waals surface area contributed by atoms with E-state index in [2.05, 4.69) is 18.2 Å². The minimum absolute atomic E-state index is 0.157. The zero-order valence-electron chi connectivity index (χ0n) is 20.6. The molecule has 5 heteroatoms. The monoisotopic (exact) mass is 516 g/mol. The lowest BCUT2D eigenvalue weighted by atomic mass is 9.90. The largest absolute Gasteiger partial charge is 0.496 e. The van der Waals surface area contributed by atoms with E-state index in [0.717, 1.165) is 38.4 Å². The molecule has 6 aromatic rings. The molecule has 0 aliphatic heterocycles. The summed E-state index contributed by atoms with van der Waals surface area (Å²) in [5.41, 5.74) is 5.25. The molecule has 0 aliphatic carbocycles. The van der Waals surface area contributed by atoms with Crippen molar-refractivity contribution >= 4 is 31.7 Å². The first-order valence-corrected chi connectivity index (χ1v) is 13.6. The number of benzene rings is 6. The first-order valence-electron chi connectivity index (χ1n) is 12.2. The van der Waals surface area contributed by atoms with Crippen LogP contribution < -0.4 is 4.74 Å². The number of methoxy groups -OCH3 is 1. The van der Waals surface area contributed by atoms with Crippen LogP contribution in [0.5, 0.6) is 5.75 Å². The molecule has 0 unspecified atom stereocenters. The number of hydrogen-bond donors (Lipinski definition) is 1. The molecule has 0 heterocycles. The molecule has 186 valence electrons. The molecule has 0 aromatic heterocycles. The molecule has 0 spiro atoms. The predicted molar refractivity (Wildman–Crippen MR) is 154 cm³/mol. The fraction of sp³-hybridized carbons (Fsp3) is 0.0303. The minimum atomic E-state index is -4.54. The second kappa shape index (κ2) is 9.45. The molecule has 4 nitrogen and oxygen atoms in total. The van der Waals surface area contributed by atoms with E-state index in [0.29, 0.717) is 22.3 Å². The van der Waals surface area contributed by atoms with Crippen LogP contribution in [0.2, 0.25) is 0 Å². The highest BCUT2D eigenvalue weighted by Gasteiger charge is 2.24. The van der Waals surface area contributed by atoms with E-state index in [-0.39, 0.29) is 4.90 Å². The lowest BCUT2D eigenvalue weighted by molar-refractivity contribution is 0.417. The molecule has 0 fully saturated rings. The Morgan fingerprint density at radius 2 is 1.05 bits per heavy atom. The van der Waals surface area contributed by atoms with Gasteiger partial charge >= 0.3 is 0 Å². The molecule has 1 N–H and O–H groups in total. The van der Waals surface area contributed by atoms with E-state index in [1.54, 1.807) is 13.2 Å². The van der Waals surface area contributed by atoms with Crippen molar-refractivity contribution in [1.82, 2.24) is 0 Å². The Kier molecular flexibility index (Phi) is 5.95. The standard InChI is InChI=1S/C33H24O4S/c1-37-30-18-14-26-20-24(22-8-4-2-5-9-22)12-16-28(26)32(30)33-29-17-13-25(23-10-6-3-7-11-23)21-27(29)15-19-31(33)38(34,35)36/h2-21H,1H3,(H,34,35,36). The summed E-state index contributed by atoms with van der Waals surface area (Å²) in [7, 11) is -2.97. The first kappa shape index (κ1) is 23.9. The molecule has 38 heavy (non-hydrogen) atoms. The maximum Gasteiger partial charge on any atom is 0.295 e. The molecule has 0 aliphatic rings. The van der Waals surface area contributed by atoms with Crippen LogP contribution in [0.25, 0.3) is 54.9 Å². The third-order valence-corrected chi connectivity index (χ3v) is 7.82. The molecule has 6 rings (SSSR count). The number of fused-ring (bicyclic) bond motifs is 2. The zero-order valence-corrected chi connectivity index (χ0v) is 21.4. The topological polar surface area (TPSA) is 63.6 Å². The zero-order chi connectivity index (χ0) is 26.3. The second-order valence-corrected chi connectivity index (χ2v) is 10.6. The van der Waals surface area contributed by atoms with Gasteiger partial charge in [-0.3, -0.25) is 4.55 Å². The van der Waals surface area contributed by atoms with Gasteiger partial charge in [0.05, 0.1) is 7.11 Å². The van der Waals surface area contributed by atoms with Crippen LogP contribution in [-0.2, 0) is 10.1 Å². The molecule has 0 bridgehead atoms. The van der Waals surface area contributed by atoms with Crippen molar-refractivity contribution < 1.29 is 17.7 Å². The van der Waals surface area contributed by atoms with E-state index in [4.69, 9.17) is 4.74 Å². The van der Waals surface area contributed by atoms with E-state index >= 15 is 0 Å². The maximum absolute atomic E-state index is 12.6. The summed E-state index contributed by atoms with van der Waals surface area (Å²) < 4.78 is 41.3. The summed E-state index contributed by atoms with van der Waals surface area (Å²) in [5.74, 6) is 0.523. The third-order valence-electron chi connectivity index (χ3n) is 6.93. The molecule has 0 amide bonds. The Labute approximate surface area is 221 Å². The van der Waals surface area contributed by atoms with Crippen molar-refractivity contribution in [2.45, 2.75) is 4.90 Å². The van der Waals surface area contributed by atoms with E-state index in [1.807, 2.05) is 91.0 Å². The molecule has 0 atom stereocenters. The van der Waals surface area contributed by atoms with Crippen LogP contribution in [0.4, 0.5) is 0 Å². The van der Waals surface area contributed by atoms with Gasteiger partial charge in [-0.1, -0.05) is 97.1 Å². The Hall–Kier alpha value is -4.45. The molecule has 6 aromatic carbocycles. The van der Waals surface area contributed by atoms with Gasteiger partial charge in [-0.25, -0.2) is 0 Å². The SMILES string of the molecule is COc1ccc2cc(-c3ccccc3)ccc2c1-c1c(S(=O)(=O)O)ccc2cc(-c3ccccc3)ccc12. The highest BCUT2D eigenvalue weighted by Crippen LogP contribution is 2.45. The molecule has 0 radical (unpaired) electrons. The average Bonchev–Trinajstić information content (AvgIpc) is 2.95. The summed E-state index contributed by atoms with van der Waals surface area (Å²) in [6, 6.07) is 39.1. The predicted octanol–water partition coefficient (Wildman–Crippen LogP) is 8.25. The van der Waals surface area contributed by atoms with E-state index in [9.17, 15) is 13.0 Å². The summed E-state index contributed by atoms with van der Waals surface area (Å²) in [6.07, 6.45) is 0. The number of rotatable bonds is 5. The van der Waals surface area contributed by atoms with Crippen molar-refractivity contribution in [1.29, 1.82) is 0 Å².